The van der Waals surface area contributed by atoms with Crippen molar-refractivity contribution in [1.29, 1.82) is 0 Å². The van der Waals surface area contributed by atoms with Crippen molar-refractivity contribution in [2.75, 3.05) is 5.32 Å². The number of rotatable bonds is 4. The quantitative estimate of drug-likeness (QED) is 0.736. The van der Waals surface area contributed by atoms with Crippen molar-refractivity contribution in [3.8, 4) is 0 Å². The first-order valence-corrected chi connectivity index (χ1v) is 6.57. The highest BCUT2D eigenvalue weighted by atomic mass is 35.5. The summed E-state index contributed by atoms with van der Waals surface area (Å²) >= 11 is 11.6. The van der Waals surface area contributed by atoms with Crippen LogP contribution in [-0.2, 0) is 14.4 Å². The summed E-state index contributed by atoms with van der Waals surface area (Å²) < 4.78 is 0. The van der Waals surface area contributed by atoms with Crippen molar-refractivity contribution in [2.45, 2.75) is 12.8 Å². The molecule has 20 heavy (non-hydrogen) atoms. The molecule has 0 saturated carbocycles. The van der Waals surface area contributed by atoms with Gasteiger partial charge in [-0.15, -0.1) is 0 Å². The van der Waals surface area contributed by atoms with Crippen LogP contribution in [0.2, 0.25) is 10.0 Å². The van der Waals surface area contributed by atoms with Crippen LogP contribution in [0.1, 0.15) is 12.8 Å². The monoisotopic (exact) mass is 315 g/mol. The fraction of sp³-hybridized carbons (Fsp3) is 0.250. The molecule has 8 heteroatoms. The van der Waals surface area contributed by atoms with Crippen LogP contribution in [-0.4, -0.2) is 17.7 Å². The summed E-state index contributed by atoms with van der Waals surface area (Å²) in [5.41, 5.74) is 4.87. The van der Waals surface area contributed by atoms with Gasteiger partial charge in [-0.2, -0.15) is 0 Å². The first kappa shape index (κ1) is 14.6. The maximum atomic E-state index is 11.7. The van der Waals surface area contributed by atoms with Gasteiger partial charge in [0.05, 0.1) is 0 Å². The number of hydrazine groups is 1. The smallest absolute Gasteiger partial charge is 0.251 e. The van der Waals surface area contributed by atoms with Gasteiger partial charge in [-0.25, -0.2) is 0 Å². The number of benzene rings is 1. The second kappa shape index (κ2) is 6.11. The molecule has 1 aliphatic heterocycles. The van der Waals surface area contributed by atoms with E-state index in [1.807, 2.05) is 0 Å². The standard InChI is InChI=1S/C12H11Cl2N3O3/c13-6-3-7(14)5-8(4-6)15-10(18)2-1-9-11(19)16-17-12(9)20/h3-5,9H,1-2H2,(H,15,18)(H,16,19)(H,17,20). The minimum absolute atomic E-state index is 0.0373. The summed E-state index contributed by atoms with van der Waals surface area (Å²) in [7, 11) is 0. The highest BCUT2D eigenvalue weighted by Crippen LogP contribution is 2.22. The van der Waals surface area contributed by atoms with Gasteiger partial charge in [-0.1, -0.05) is 23.2 Å². The van der Waals surface area contributed by atoms with Crippen LogP contribution >= 0.6 is 23.2 Å². The van der Waals surface area contributed by atoms with Gasteiger partial charge < -0.3 is 5.32 Å². The lowest BCUT2D eigenvalue weighted by molar-refractivity contribution is -0.128. The molecule has 1 heterocycles. The topological polar surface area (TPSA) is 87.3 Å². The predicted octanol–water partition coefficient (Wildman–Crippen LogP) is 1.49. The second-order valence-corrected chi connectivity index (χ2v) is 5.15. The van der Waals surface area contributed by atoms with Crippen molar-refractivity contribution in [3.05, 3.63) is 28.2 Å². The Bertz CT molecular complexity index is 541. The molecule has 3 amide bonds. The SMILES string of the molecule is O=C(CCC1C(=O)NNC1=O)Nc1cc(Cl)cc(Cl)c1. The van der Waals surface area contributed by atoms with Crippen LogP contribution < -0.4 is 16.2 Å². The molecule has 106 valence electrons. The molecule has 0 aromatic heterocycles. The second-order valence-electron chi connectivity index (χ2n) is 4.28. The van der Waals surface area contributed by atoms with Crippen molar-refractivity contribution in [1.82, 2.24) is 10.9 Å². The van der Waals surface area contributed by atoms with E-state index in [-0.39, 0.29) is 18.7 Å². The molecular formula is C12H11Cl2N3O3. The highest BCUT2D eigenvalue weighted by molar-refractivity contribution is 6.35. The Morgan fingerprint density at radius 2 is 1.65 bits per heavy atom. The van der Waals surface area contributed by atoms with Gasteiger partial charge in [0.15, 0.2) is 0 Å². The summed E-state index contributed by atoms with van der Waals surface area (Å²) in [6.45, 7) is 0. The molecule has 1 aromatic rings. The lowest BCUT2D eigenvalue weighted by atomic mass is 10.0. The fourth-order valence-electron chi connectivity index (χ4n) is 1.80. The molecule has 1 aliphatic rings. The first-order valence-electron chi connectivity index (χ1n) is 5.81. The van der Waals surface area contributed by atoms with Crippen molar-refractivity contribution in [3.63, 3.8) is 0 Å². The maximum absolute atomic E-state index is 11.7. The first-order chi connectivity index (χ1) is 9.45. The molecule has 0 bridgehead atoms. The average Bonchev–Trinajstić information content (AvgIpc) is 2.65. The summed E-state index contributed by atoms with van der Waals surface area (Å²) in [6.07, 6.45) is 0.174. The summed E-state index contributed by atoms with van der Waals surface area (Å²) in [6, 6.07) is 4.66. The summed E-state index contributed by atoms with van der Waals surface area (Å²) in [5, 5.41) is 3.42. The largest absolute Gasteiger partial charge is 0.326 e. The Hall–Kier alpha value is -1.79. The number of halogens is 2. The number of anilines is 1. The van der Waals surface area contributed by atoms with Gasteiger partial charge in [0.25, 0.3) is 11.8 Å². The third-order valence-electron chi connectivity index (χ3n) is 2.75. The lowest BCUT2D eigenvalue weighted by Gasteiger charge is -2.07. The van der Waals surface area contributed by atoms with Crippen LogP contribution in [0.15, 0.2) is 18.2 Å². The fourth-order valence-corrected chi connectivity index (χ4v) is 2.33. The summed E-state index contributed by atoms with van der Waals surface area (Å²) in [4.78, 5) is 34.3. The molecule has 0 radical (unpaired) electrons. The number of amides is 3. The van der Waals surface area contributed by atoms with Gasteiger partial charge in [-0.3, -0.25) is 25.2 Å². The minimum atomic E-state index is -0.830. The van der Waals surface area contributed by atoms with Crippen LogP contribution in [0.5, 0.6) is 0 Å². The zero-order valence-corrected chi connectivity index (χ0v) is 11.7. The Kier molecular flexibility index (Phi) is 4.46. The highest BCUT2D eigenvalue weighted by Gasteiger charge is 2.32. The van der Waals surface area contributed by atoms with Crippen LogP contribution in [0.3, 0.4) is 0 Å². The molecule has 0 spiro atoms. The lowest BCUT2D eigenvalue weighted by Crippen LogP contribution is -2.28. The Labute approximate surface area is 124 Å². The van der Waals surface area contributed by atoms with Crippen LogP contribution in [0.25, 0.3) is 0 Å². The number of nitrogens with one attached hydrogen (secondary N) is 3. The van der Waals surface area contributed by atoms with E-state index in [0.717, 1.165) is 0 Å². The molecule has 0 aliphatic carbocycles. The van der Waals surface area contributed by atoms with E-state index in [9.17, 15) is 14.4 Å². The van der Waals surface area contributed by atoms with E-state index in [2.05, 4.69) is 16.2 Å². The minimum Gasteiger partial charge on any atom is -0.326 e. The average molecular weight is 316 g/mol. The molecule has 6 nitrogen and oxygen atoms in total. The zero-order chi connectivity index (χ0) is 14.7. The van der Waals surface area contributed by atoms with E-state index in [0.29, 0.717) is 15.7 Å². The van der Waals surface area contributed by atoms with Crippen LogP contribution in [0.4, 0.5) is 5.69 Å². The molecule has 3 N–H and O–H groups in total. The molecular weight excluding hydrogens is 305 g/mol. The van der Waals surface area contributed by atoms with Gasteiger partial charge in [0.1, 0.15) is 5.92 Å². The molecule has 0 unspecified atom stereocenters. The van der Waals surface area contributed by atoms with Gasteiger partial charge >= 0.3 is 0 Å². The van der Waals surface area contributed by atoms with Gasteiger partial charge in [0.2, 0.25) is 5.91 Å². The number of hydrogen-bond donors (Lipinski definition) is 3. The van der Waals surface area contributed by atoms with E-state index >= 15 is 0 Å². The Balaban J connectivity index is 1.89. The molecule has 1 fully saturated rings. The number of hydrogen-bond acceptors (Lipinski definition) is 3. The molecule has 1 aromatic carbocycles. The van der Waals surface area contributed by atoms with E-state index in [1.165, 1.54) is 0 Å². The Morgan fingerprint density at radius 3 is 2.20 bits per heavy atom. The van der Waals surface area contributed by atoms with E-state index in [4.69, 9.17) is 23.2 Å². The molecule has 1 saturated heterocycles. The van der Waals surface area contributed by atoms with E-state index in [1.54, 1.807) is 18.2 Å². The maximum Gasteiger partial charge on any atom is 0.251 e. The predicted molar refractivity (Wildman–Crippen MR) is 74.1 cm³/mol. The van der Waals surface area contributed by atoms with E-state index < -0.39 is 17.7 Å². The third-order valence-corrected chi connectivity index (χ3v) is 3.18. The number of carbonyl (C=O) groups is 3. The van der Waals surface area contributed by atoms with Crippen molar-refractivity contribution >= 4 is 46.6 Å². The zero-order valence-electron chi connectivity index (χ0n) is 10.2. The summed E-state index contributed by atoms with van der Waals surface area (Å²) in [5.74, 6) is -2.00. The van der Waals surface area contributed by atoms with Crippen molar-refractivity contribution < 1.29 is 14.4 Å². The molecule has 2 rings (SSSR count). The van der Waals surface area contributed by atoms with Gasteiger partial charge in [0, 0.05) is 22.2 Å². The Morgan fingerprint density at radius 1 is 1.10 bits per heavy atom. The van der Waals surface area contributed by atoms with Crippen LogP contribution in [0, 0.1) is 5.92 Å². The molecule has 0 atom stereocenters. The number of carbonyl (C=O) groups excluding carboxylic acids is 3. The van der Waals surface area contributed by atoms with Crippen molar-refractivity contribution in [2.24, 2.45) is 5.92 Å². The van der Waals surface area contributed by atoms with Gasteiger partial charge in [-0.05, 0) is 24.6 Å². The normalized spacial score (nSPS) is 14.9. The third kappa shape index (κ3) is 3.61.